The molecule has 1 aliphatic heterocycles. The molecule has 1 aliphatic rings. The van der Waals surface area contributed by atoms with Crippen LogP contribution in [0.5, 0.6) is 0 Å². The molecule has 0 aliphatic carbocycles. The first-order valence-electron chi connectivity index (χ1n) is 7.73. The zero-order valence-corrected chi connectivity index (χ0v) is 13.7. The molecule has 0 unspecified atom stereocenters. The van der Waals surface area contributed by atoms with Crippen LogP contribution in [0.2, 0.25) is 0 Å². The van der Waals surface area contributed by atoms with Gasteiger partial charge in [0.05, 0.1) is 13.2 Å². The highest BCUT2D eigenvalue weighted by molar-refractivity contribution is 6.39. The number of carbonyl (C=O) groups is 2. The maximum atomic E-state index is 11.9. The van der Waals surface area contributed by atoms with Gasteiger partial charge in [-0.2, -0.15) is 0 Å². The number of morpholine rings is 1. The van der Waals surface area contributed by atoms with Gasteiger partial charge in [0.15, 0.2) is 0 Å². The zero-order chi connectivity index (χ0) is 16.7. The maximum absolute atomic E-state index is 11.9. The van der Waals surface area contributed by atoms with Gasteiger partial charge in [-0.3, -0.25) is 14.5 Å². The van der Waals surface area contributed by atoms with Crippen molar-refractivity contribution in [2.75, 3.05) is 63.7 Å². The van der Waals surface area contributed by atoms with Crippen LogP contribution in [0.15, 0.2) is 24.3 Å². The molecule has 2 N–H and O–H groups in total. The van der Waals surface area contributed by atoms with E-state index in [0.29, 0.717) is 12.2 Å². The summed E-state index contributed by atoms with van der Waals surface area (Å²) >= 11 is 0. The summed E-state index contributed by atoms with van der Waals surface area (Å²) in [7, 11) is 3.83. The van der Waals surface area contributed by atoms with Crippen molar-refractivity contribution in [2.24, 2.45) is 0 Å². The Bertz CT molecular complexity index is 542. The van der Waals surface area contributed by atoms with E-state index in [0.717, 1.165) is 38.5 Å². The summed E-state index contributed by atoms with van der Waals surface area (Å²) in [5.41, 5.74) is 1.56. The Balaban J connectivity index is 1.76. The van der Waals surface area contributed by atoms with Gasteiger partial charge in [0.25, 0.3) is 0 Å². The van der Waals surface area contributed by atoms with E-state index >= 15 is 0 Å². The zero-order valence-electron chi connectivity index (χ0n) is 13.7. The summed E-state index contributed by atoms with van der Waals surface area (Å²) < 4.78 is 5.26. The number of nitrogens with one attached hydrogen (secondary N) is 2. The molecule has 0 aromatic heterocycles. The molecule has 7 heteroatoms. The van der Waals surface area contributed by atoms with Crippen molar-refractivity contribution in [3.63, 3.8) is 0 Å². The van der Waals surface area contributed by atoms with Gasteiger partial charge in [0.2, 0.25) is 0 Å². The van der Waals surface area contributed by atoms with Crippen molar-refractivity contribution in [3.05, 3.63) is 24.3 Å². The number of anilines is 2. The second-order valence-electron chi connectivity index (χ2n) is 5.61. The molecule has 0 radical (unpaired) electrons. The van der Waals surface area contributed by atoms with Crippen molar-refractivity contribution in [3.8, 4) is 0 Å². The van der Waals surface area contributed by atoms with Crippen LogP contribution in [0.3, 0.4) is 0 Å². The minimum Gasteiger partial charge on any atom is -0.379 e. The number of hydrogen-bond acceptors (Lipinski definition) is 5. The molecule has 1 fully saturated rings. The fraction of sp³-hybridized carbons (Fsp3) is 0.500. The first-order chi connectivity index (χ1) is 11.1. The van der Waals surface area contributed by atoms with E-state index in [-0.39, 0.29) is 0 Å². The lowest BCUT2D eigenvalue weighted by atomic mass is 10.2. The average Bonchev–Trinajstić information content (AvgIpc) is 2.56. The van der Waals surface area contributed by atoms with Crippen LogP contribution in [-0.2, 0) is 14.3 Å². The first-order valence-corrected chi connectivity index (χ1v) is 7.73. The number of nitrogens with zero attached hydrogens (tertiary/aromatic N) is 2. The number of benzene rings is 1. The summed E-state index contributed by atoms with van der Waals surface area (Å²) in [5, 5.41) is 5.26. The Morgan fingerprint density at radius 3 is 2.65 bits per heavy atom. The lowest BCUT2D eigenvalue weighted by Crippen LogP contribution is -2.43. The number of carbonyl (C=O) groups excluding carboxylic acids is 2. The fourth-order valence-electron chi connectivity index (χ4n) is 2.28. The molecule has 0 bridgehead atoms. The molecule has 1 heterocycles. The highest BCUT2D eigenvalue weighted by Crippen LogP contribution is 2.17. The number of rotatable bonds is 5. The minimum atomic E-state index is -0.650. The van der Waals surface area contributed by atoms with E-state index in [1.54, 1.807) is 6.07 Å². The molecule has 23 heavy (non-hydrogen) atoms. The predicted octanol–water partition coefficient (Wildman–Crippen LogP) is 0.140. The second-order valence-corrected chi connectivity index (χ2v) is 5.61. The molecule has 1 aromatic carbocycles. The average molecular weight is 320 g/mol. The molecule has 126 valence electrons. The van der Waals surface area contributed by atoms with Crippen LogP contribution in [0.1, 0.15) is 0 Å². The van der Waals surface area contributed by atoms with Gasteiger partial charge in [-0.15, -0.1) is 0 Å². The van der Waals surface area contributed by atoms with Crippen LogP contribution in [0.4, 0.5) is 11.4 Å². The smallest absolute Gasteiger partial charge is 0.313 e. The molecular formula is C16H24N4O3. The van der Waals surface area contributed by atoms with Crippen molar-refractivity contribution >= 4 is 23.2 Å². The van der Waals surface area contributed by atoms with Crippen molar-refractivity contribution < 1.29 is 14.3 Å². The largest absolute Gasteiger partial charge is 0.379 e. The third-order valence-corrected chi connectivity index (χ3v) is 3.64. The SMILES string of the molecule is CN(C)c1cccc(NC(=O)C(=O)NCCN2CCOCC2)c1. The van der Waals surface area contributed by atoms with E-state index in [9.17, 15) is 9.59 Å². The molecule has 1 saturated heterocycles. The van der Waals surface area contributed by atoms with Crippen LogP contribution in [0.25, 0.3) is 0 Å². The van der Waals surface area contributed by atoms with Gasteiger partial charge in [-0.25, -0.2) is 0 Å². The van der Waals surface area contributed by atoms with E-state index in [4.69, 9.17) is 4.74 Å². The topological polar surface area (TPSA) is 73.9 Å². The molecule has 7 nitrogen and oxygen atoms in total. The summed E-state index contributed by atoms with van der Waals surface area (Å²) in [6.07, 6.45) is 0. The van der Waals surface area contributed by atoms with Gasteiger partial charge in [-0.05, 0) is 18.2 Å². The summed E-state index contributed by atoms with van der Waals surface area (Å²) in [6.45, 7) is 4.33. The van der Waals surface area contributed by atoms with E-state index < -0.39 is 11.8 Å². The predicted molar refractivity (Wildman–Crippen MR) is 89.7 cm³/mol. The molecule has 2 rings (SSSR count). The Morgan fingerprint density at radius 1 is 1.22 bits per heavy atom. The standard InChI is InChI=1S/C16H24N4O3/c1-19(2)14-5-3-4-13(12-14)18-16(22)15(21)17-6-7-20-8-10-23-11-9-20/h3-5,12H,6-11H2,1-2H3,(H,17,21)(H,18,22). The van der Waals surface area contributed by atoms with Gasteiger partial charge >= 0.3 is 11.8 Å². The third-order valence-electron chi connectivity index (χ3n) is 3.64. The van der Waals surface area contributed by atoms with E-state index in [1.165, 1.54) is 0 Å². The fourth-order valence-corrected chi connectivity index (χ4v) is 2.28. The Labute approximate surface area is 136 Å². The molecule has 2 amide bonds. The van der Waals surface area contributed by atoms with Crippen LogP contribution >= 0.6 is 0 Å². The Hall–Kier alpha value is -2.12. The monoisotopic (exact) mass is 320 g/mol. The lowest BCUT2D eigenvalue weighted by molar-refractivity contribution is -0.136. The Morgan fingerprint density at radius 2 is 1.96 bits per heavy atom. The van der Waals surface area contributed by atoms with Gasteiger partial charge in [-0.1, -0.05) is 6.07 Å². The van der Waals surface area contributed by atoms with Gasteiger partial charge in [0.1, 0.15) is 0 Å². The van der Waals surface area contributed by atoms with Gasteiger partial charge < -0.3 is 20.3 Å². The molecule has 0 spiro atoms. The molecule has 0 atom stereocenters. The third kappa shape index (κ3) is 5.54. The lowest BCUT2D eigenvalue weighted by Gasteiger charge is -2.26. The van der Waals surface area contributed by atoms with Crippen LogP contribution in [-0.4, -0.2) is 70.2 Å². The number of amides is 2. The van der Waals surface area contributed by atoms with Crippen LogP contribution < -0.4 is 15.5 Å². The first kappa shape index (κ1) is 17.2. The second kappa shape index (κ2) is 8.50. The van der Waals surface area contributed by atoms with E-state index in [1.807, 2.05) is 37.2 Å². The number of ether oxygens (including phenoxy) is 1. The molecule has 0 saturated carbocycles. The Kier molecular flexibility index (Phi) is 6.37. The minimum absolute atomic E-state index is 0.448. The van der Waals surface area contributed by atoms with Crippen LogP contribution in [0, 0.1) is 0 Å². The van der Waals surface area contributed by atoms with Crippen molar-refractivity contribution in [1.29, 1.82) is 0 Å². The van der Waals surface area contributed by atoms with E-state index in [2.05, 4.69) is 15.5 Å². The number of hydrogen-bond donors (Lipinski definition) is 2. The van der Waals surface area contributed by atoms with Crippen molar-refractivity contribution in [2.45, 2.75) is 0 Å². The molecule has 1 aromatic rings. The van der Waals surface area contributed by atoms with Gasteiger partial charge in [0, 0.05) is 51.6 Å². The summed E-state index contributed by atoms with van der Waals surface area (Å²) in [4.78, 5) is 27.9. The highest BCUT2D eigenvalue weighted by atomic mass is 16.5. The molecular weight excluding hydrogens is 296 g/mol. The van der Waals surface area contributed by atoms with Crippen molar-refractivity contribution in [1.82, 2.24) is 10.2 Å². The quantitative estimate of drug-likeness (QED) is 0.755. The summed E-state index contributed by atoms with van der Waals surface area (Å²) in [5.74, 6) is -1.27. The maximum Gasteiger partial charge on any atom is 0.313 e. The highest BCUT2D eigenvalue weighted by Gasteiger charge is 2.15. The normalized spacial score (nSPS) is 15.0. The summed E-state index contributed by atoms with van der Waals surface area (Å²) in [6, 6.07) is 7.34.